The smallest absolute Gasteiger partial charge is 0.262 e. The fraction of sp³-hybridized carbons (Fsp3) is 0.632. The quantitative estimate of drug-likeness (QED) is 0.902. The van der Waals surface area contributed by atoms with Gasteiger partial charge < -0.3 is 5.32 Å². The second-order valence-electron chi connectivity index (χ2n) is 7.33. The topological polar surface area (TPSA) is 64.0 Å². The Labute approximate surface area is 152 Å². The number of aryl methyl sites for hydroxylation is 2. The Morgan fingerprint density at radius 3 is 2.88 bits per heavy atom. The molecular formula is C19H27N3O2S. The number of aromatic nitrogens is 2. The number of amides is 1. The summed E-state index contributed by atoms with van der Waals surface area (Å²) in [4.78, 5) is 31.2. The highest BCUT2D eigenvalue weighted by molar-refractivity contribution is 7.20. The Bertz CT molecular complexity index is 839. The lowest BCUT2D eigenvalue weighted by Crippen LogP contribution is -2.43. The van der Waals surface area contributed by atoms with Crippen LogP contribution in [0.3, 0.4) is 0 Å². The van der Waals surface area contributed by atoms with Gasteiger partial charge in [0.05, 0.1) is 16.6 Å². The van der Waals surface area contributed by atoms with Crippen LogP contribution in [0, 0.1) is 18.8 Å². The van der Waals surface area contributed by atoms with Crippen LogP contribution in [0.25, 0.3) is 10.2 Å². The molecule has 3 unspecified atom stereocenters. The normalized spacial score (nSPS) is 23.8. The van der Waals surface area contributed by atoms with Crippen molar-refractivity contribution < 1.29 is 4.79 Å². The zero-order valence-corrected chi connectivity index (χ0v) is 16.3. The van der Waals surface area contributed by atoms with Crippen molar-refractivity contribution in [3.63, 3.8) is 0 Å². The van der Waals surface area contributed by atoms with E-state index in [1.54, 1.807) is 10.9 Å². The molecule has 2 aromatic heterocycles. The number of hydrogen-bond acceptors (Lipinski definition) is 4. The Balaban J connectivity index is 1.90. The molecule has 1 N–H and O–H groups in total. The van der Waals surface area contributed by atoms with Gasteiger partial charge in [-0.15, -0.1) is 11.3 Å². The second-order valence-corrected chi connectivity index (χ2v) is 8.33. The van der Waals surface area contributed by atoms with E-state index in [1.165, 1.54) is 17.8 Å². The number of rotatable bonds is 4. The highest BCUT2D eigenvalue weighted by Gasteiger charge is 2.29. The van der Waals surface area contributed by atoms with Crippen LogP contribution in [0.15, 0.2) is 11.1 Å². The minimum absolute atomic E-state index is 0.0423. The van der Waals surface area contributed by atoms with Gasteiger partial charge >= 0.3 is 0 Å². The van der Waals surface area contributed by atoms with Gasteiger partial charge in [0.1, 0.15) is 4.83 Å². The molecule has 0 spiro atoms. The summed E-state index contributed by atoms with van der Waals surface area (Å²) in [5.41, 5.74) is 0.719. The third-order valence-electron chi connectivity index (χ3n) is 5.61. The second kappa shape index (κ2) is 7.28. The largest absolute Gasteiger partial charge is 0.348 e. The molecule has 0 bridgehead atoms. The molecule has 0 radical (unpaired) electrons. The summed E-state index contributed by atoms with van der Waals surface area (Å²) in [6, 6.07) is 0.213. The maximum absolute atomic E-state index is 12.8. The first-order valence-corrected chi connectivity index (χ1v) is 10.0. The molecule has 0 aliphatic heterocycles. The Hall–Kier alpha value is -1.69. The summed E-state index contributed by atoms with van der Waals surface area (Å²) < 4.78 is 1.63. The molecule has 3 atom stereocenters. The van der Waals surface area contributed by atoms with Crippen LogP contribution in [-0.4, -0.2) is 21.5 Å². The molecule has 0 aromatic carbocycles. The number of thiophene rings is 1. The van der Waals surface area contributed by atoms with Gasteiger partial charge in [-0.25, -0.2) is 4.98 Å². The maximum atomic E-state index is 12.8. The number of carbonyl (C=O) groups is 1. The molecule has 1 fully saturated rings. The molecule has 2 aromatic rings. The van der Waals surface area contributed by atoms with Gasteiger partial charge in [0, 0.05) is 12.6 Å². The zero-order chi connectivity index (χ0) is 18.1. The number of fused-ring (bicyclic) bond motifs is 1. The molecule has 136 valence electrons. The van der Waals surface area contributed by atoms with Crippen LogP contribution in [0.2, 0.25) is 0 Å². The lowest BCUT2D eigenvalue weighted by atomic mass is 9.78. The standard InChI is InChI=1S/C19H27N3O2S/c1-5-9-22-10-20-18-15(19(22)24)13(4)16(25-18)17(23)21-14-8-6-7-11(2)12(14)3/h10-12,14H,5-9H2,1-4H3,(H,21,23). The van der Waals surface area contributed by atoms with E-state index < -0.39 is 0 Å². The fourth-order valence-corrected chi connectivity index (χ4v) is 4.84. The highest BCUT2D eigenvalue weighted by atomic mass is 32.1. The lowest BCUT2D eigenvalue weighted by molar-refractivity contribution is 0.0895. The Morgan fingerprint density at radius 2 is 2.16 bits per heavy atom. The minimum Gasteiger partial charge on any atom is -0.348 e. The first kappa shape index (κ1) is 18.1. The van der Waals surface area contributed by atoms with Crippen molar-refractivity contribution in [3.8, 4) is 0 Å². The SMILES string of the molecule is CCCn1cnc2sc(C(=O)NC3CCCC(C)C3C)c(C)c2c1=O. The van der Waals surface area contributed by atoms with Crippen molar-refractivity contribution >= 4 is 27.5 Å². The average Bonchev–Trinajstić information content (AvgIpc) is 2.92. The summed E-state index contributed by atoms with van der Waals surface area (Å²) in [5, 5.41) is 3.80. The molecule has 1 aliphatic carbocycles. The minimum atomic E-state index is -0.0621. The molecule has 1 amide bonds. The Kier molecular flexibility index (Phi) is 5.27. The first-order chi connectivity index (χ1) is 11.9. The highest BCUT2D eigenvalue weighted by Crippen LogP contribution is 2.31. The predicted molar refractivity (Wildman–Crippen MR) is 102 cm³/mol. The summed E-state index contributed by atoms with van der Waals surface area (Å²) in [5.74, 6) is 1.05. The van der Waals surface area contributed by atoms with Gasteiger partial charge in [-0.3, -0.25) is 14.2 Å². The monoisotopic (exact) mass is 361 g/mol. The molecule has 1 aliphatic rings. The molecule has 1 saturated carbocycles. The van der Waals surface area contributed by atoms with Gasteiger partial charge in [-0.05, 0) is 37.2 Å². The van der Waals surface area contributed by atoms with Crippen molar-refractivity contribution in [1.29, 1.82) is 0 Å². The number of nitrogens with zero attached hydrogens (tertiary/aromatic N) is 2. The van der Waals surface area contributed by atoms with E-state index in [0.29, 0.717) is 33.5 Å². The van der Waals surface area contributed by atoms with Crippen LogP contribution in [0.1, 0.15) is 61.7 Å². The van der Waals surface area contributed by atoms with Gasteiger partial charge in [0.25, 0.3) is 11.5 Å². The van der Waals surface area contributed by atoms with Gasteiger partial charge in [0.2, 0.25) is 0 Å². The van der Waals surface area contributed by atoms with Gasteiger partial charge in [-0.1, -0.05) is 33.6 Å². The lowest BCUT2D eigenvalue weighted by Gasteiger charge is -2.34. The zero-order valence-electron chi connectivity index (χ0n) is 15.5. The van der Waals surface area contributed by atoms with Crippen LogP contribution < -0.4 is 10.9 Å². The van der Waals surface area contributed by atoms with E-state index in [-0.39, 0.29) is 17.5 Å². The molecule has 0 saturated heterocycles. The molecule has 3 rings (SSSR count). The van der Waals surface area contributed by atoms with E-state index in [1.807, 2.05) is 13.8 Å². The molecular weight excluding hydrogens is 334 g/mol. The summed E-state index contributed by atoms with van der Waals surface area (Å²) in [7, 11) is 0. The molecule has 6 heteroatoms. The van der Waals surface area contributed by atoms with Gasteiger partial charge in [0.15, 0.2) is 0 Å². The number of hydrogen-bond donors (Lipinski definition) is 1. The predicted octanol–water partition coefficient (Wildman–Crippen LogP) is 3.73. The summed E-state index contributed by atoms with van der Waals surface area (Å²) in [6.07, 6.45) is 5.89. The number of nitrogens with one attached hydrogen (secondary N) is 1. The van der Waals surface area contributed by atoms with Crippen LogP contribution in [0.5, 0.6) is 0 Å². The average molecular weight is 362 g/mol. The van der Waals surface area contributed by atoms with Crippen molar-refractivity contribution in [1.82, 2.24) is 14.9 Å². The maximum Gasteiger partial charge on any atom is 0.262 e. The molecule has 2 heterocycles. The van der Waals surface area contributed by atoms with E-state index >= 15 is 0 Å². The Morgan fingerprint density at radius 1 is 1.40 bits per heavy atom. The van der Waals surface area contributed by atoms with Crippen molar-refractivity contribution in [2.75, 3.05) is 0 Å². The van der Waals surface area contributed by atoms with Crippen LogP contribution in [-0.2, 0) is 6.54 Å². The molecule has 25 heavy (non-hydrogen) atoms. The van der Waals surface area contributed by atoms with E-state index in [0.717, 1.165) is 24.8 Å². The van der Waals surface area contributed by atoms with Crippen LogP contribution >= 0.6 is 11.3 Å². The summed E-state index contributed by atoms with van der Waals surface area (Å²) in [6.45, 7) is 9.02. The van der Waals surface area contributed by atoms with E-state index in [2.05, 4.69) is 24.1 Å². The van der Waals surface area contributed by atoms with Crippen molar-refractivity contribution in [3.05, 3.63) is 27.1 Å². The van der Waals surface area contributed by atoms with E-state index in [9.17, 15) is 9.59 Å². The van der Waals surface area contributed by atoms with Crippen LogP contribution in [0.4, 0.5) is 0 Å². The summed E-state index contributed by atoms with van der Waals surface area (Å²) >= 11 is 1.33. The van der Waals surface area contributed by atoms with Gasteiger partial charge in [-0.2, -0.15) is 0 Å². The number of carbonyl (C=O) groups excluding carboxylic acids is 1. The third kappa shape index (κ3) is 3.36. The fourth-order valence-electron chi connectivity index (χ4n) is 3.80. The third-order valence-corrected chi connectivity index (χ3v) is 6.81. The van der Waals surface area contributed by atoms with Crippen molar-refractivity contribution in [2.24, 2.45) is 11.8 Å². The van der Waals surface area contributed by atoms with E-state index in [4.69, 9.17) is 0 Å². The molecule has 5 nitrogen and oxygen atoms in total. The first-order valence-electron chi connectivity index (χ1n) is 9.23. The van der Waals surface area contributed by atoms with Crippen molar-refractivity contribution in [2.45, 2.75) is 66.0 Å².